The maximum absolute atomic E-state index is 12.0. The molecule has 0 saturated carbocycles. The molecule has 7 aromatic rings. The topological polar surface area (TPSA) is 112 Å². The minimum Gasteiger partial charge on any atom is -1.00 e. The van der Waals surface area contributed by atoms with Gasteiger partial charge in [0.1, 0.15) is 21.1 Å². The van der Waals surface area contributed by atoms with Crippen LogP contribution in [0, 0.1) is 10.1 Å². The van der Waals surface area contributed by atoms with Crippen LogP contribution in [-0.2, 0) is 21.1 Å². The number of aryl methyl sites for hydroxylation is 3. The number of aromatic nitrogens is 7. The van der Waals surface area contributed by atoms with Crippen molar-refractivity contribution in [1.29, 1.82) is 0 Å². The largest absolute Gasteiger partial charge is 1.00 e. The van der Waals surface area contributed by atoms with Gasteiger partial charge in [0.2, 0.25) is 0 Å². The molecular weight excluding hydrogens is 1090 g/mol. The minimum atomic E-state index is -0.367. The molecule has 292 valence electrons. The summed E-state index contributed by atoms with van der Waals surface area (Å²) in [7, 11) is 5.99. The molecule has 9 rings (SSSR count). The first-order valence-electron chi connectivity index (χ1n) is 17.6. The Morgan fingerprint density at radius 3 is 1.10 bits per heavy atom. The van der Waals surface area contributed by atoms with Crippen LogP contribution in [0.5, 0.6) is 0 Å². The van der Waals surface area contributed by atoms with Gasteiger partial charge >= 0.3 is 0 Å². The summed E-state index contributed by atoms with van der Waals surface area (Å²) in [5, 5.41) is 12.0. The number of pyridine rings is 3. The van der Waals surface area contributed by atoms with E-state index < -0.39 is 0 Å². The van der Waals surface area contributed by atoms with Crippen LogP contribution in [0.2, 0.25) is 0 Å². The predicted octanol–water partition coefficient (Wildman–Crippen LogP) is -0.861. The zero-order valence-corrected chi connectivity index (χ0v) is 38.7. The van der Waals surface area contributed by atoms with Gasteiger partial charge in [0, 0.05) is 92.9 Å². The van der Waals surface area contributed by atoms with Gasteiger partial charge in [-0.3, -0.25) is 10.1 Å². The molecule has 10 nitrogen and oxygen atoms in total. The average Bonchev–Trinajstić information content (AvgIpc) is 4.02. The molecule has 8 heterocycles. The van der Waals surface area contributed by atoms with E-state index in [1.54, 1.807) is 12.1 Å². The second-order valence-electron chi connectivity index (χ2n) is 13.6. The van der Waals surface area contributed by atoms with E-state index in [0.717, 1.165) is 78.1 Å². The molecule has 58 heavy (non-hydrogen) atoms. The van der Waals surface area contributed by atoms with E-state index in [1.165, 1.54) is 6.07 Å². The number of benzene rings is 1. The Labute approximate surface area is 392 Å². The van der Waals surface area contributed by atoms with E-state index in [1.807, 2.05) is 102 Å². The molecule has 14 heteroatoms. The van der Waals surface area contributed by atoms with Gasteiger partial charge in [-0.05, 0) is 70.8 Å². The maximum atomic E-state index is 12.0. The molecule has 0 atom stereocenters. The Balaban J connectivity index is 0.00000160. The van der Waals surface area contributed by atoms with Crippen LogP contribution in [0.1, 0.15) is 22.8 Å². The van der Waals surface area contributed by atoms with Crippen molar-refractivity contribution in [2.45, 2.75) is 0 Å². The third-order valence-corrected chi connectivity index (χ3v) is 9.90. The van der Waals surface area contributed by atoms with Crippen LogP contribution in [0.4, 0.5) is 5.69 Å². The molecule has 0 spiro atoms. The number of nitrogens with zero attached hydrogens (tertiary/aromatic N) is 6. The lowest BCUT2D eigenvalue weighted by Crippen LogP contribution is -3.00. The summed E-state index contributed by atoms with van der Waals surface area (Å²) in [6, 6.07) is 27.5. The molecule has 0 fully saturated rings. The summed E-state index contributed by atoms with van der Waals surface area (Å²) in [4.78, 5) is 29.7. The summed E-state index contributed by atoms with van der Waals surface area (Å²) in [6.07, 6.45) is 20.3. The molecule has 2 aliphatic rings. The number of H-pyrrole nitrogens is 2. The third kappa shape index (κ3) is 8.48. The molecule has 0 radical (unpaired) electrons. The highest BCUT2D eigenvalue weighted by Crippen LogP contribution is 2.38. The number of aromatic amines is 2. The second kappa shape index (κ2) is 18.4. The molecule has 6 aromatic heterocycles. The van der Waals surface area contributed by atoms with Gasteiger partial charge in [-0.25, -0.2) is 23.7 Å². The SMILES string of the molecule is C[n+]1ccc(-c2c3nc(c(-c4cc[n+](C)cc4)c4ccc([nH]4)c(-c4cccc([N+](=O)[O-])c4)c4nc(c(-c5cc[n+](C)cc5)c5ccc2[nH]5)C=C4)C=C3)cc1.Cl.[I-].[I-].[I-]. The first-order chi connectivity index (χ1) is 26.3. The number of nitro benzene ring substituents is 1. The van der Waals surface area contributed by atoms with Gasteiger partial charge in [0.05, 0.1) is 27.7 Å². The zero-order valence-electron chi connectivity index (χ0n) is 31.4. The number of hydrogen-bond donors (Lipinski definition) is 2. The van der Waals surface area contributed by atoms with Crippen LogP contribution in [0.15, 0.2) is 122 Å². The summed E-state index contributed by atoms with van der Waals surface area (Å²) in [5.41, 5.74) is 13.8. The van der Waals surface area contributed by atoms with Crippen molar-refractivity contribution in [3.63, 3.8) is 0 Å². The van der Waals surface area contributed by atoms with E-state index >= 15 is 0 Å². The van der Waals surface area contributed by atoms with Crippen LogP contribution < -0.4 is 85.6 Å². The second-order valence-corrected chi connectivity index (χ2v) is 13.6. The number of nitrogens with one attached hydrogen (secondary N) is 2. The van der Waals surface area contributed by atoms with Gasteiger partial charge in [0.15, 0.2) is 37.2 Å². The Kier molecular flexibility index (Phi) is 14.0. The first-order valence-corrected chi connectivity index (χ1v) is 17.6. The lowest BCUT2D eigenvalue weighted by Gasteiger charge is -2.06. The maximum Gasteiger partial charge on any atom is 0.270 e. The first kappa shape index (κ1) is 44.3. The standard InChI is InChI=1S/C44H34N8O2.ClH.3HI/c1-49-21-15-28(16-22-49)41-33-7-9-35(45-33)42(29-17-23-50(2)24-18-29)37-11-13-39(47-37)44(31-5-4-6-32(27-31)52(53)54)40-14-12-38(48-40)43(36-10-8-34(41)46-36)30-19-25-51(3)26-20-30;;;;/h4-27H,1-3H3,(H,45,46,47,48);4*1H/q+2;;;;/p-2. The molecule has 0 aliphatic carbocycles. The number of rotatable bonds is 5. The molecule has 0 amide bonds. The number of halogens is 4. The van der Waals surface area contributed by atoms with Crippen LogP contribution >= 0.6 is 12.4 Å². The van der Waals surface area contributed by atoms with Crippen molar-refractivity contribution in [3.05, 3.63) is 155 Å². The fourth-order valence-electron chi connectivity index (χ4n) is 7.20. The lowest BCUT2D eigenvalue weighted by molar-refractivity contribution is -0.671. The number of non-ortho nitro benzene ring substituents is 1. The highest BCUT2D eigenvalue weighted by atomic mass is 127. The van der Waals surface area contributed by atoms with Crippen molar-refractivity contribution >= 4 is 64.5 Å². The fourth-order valence-corrected chi connectivity index (χ4v) is 7.20. The van der Waals surface area contributed by atoms with Gasteiger partial charge in [-0.2, -0.15) is 0 Å². The zero-order chi connectivity index (χ0) is 36.9. The Hall–Kier alpha value is -4.85. The normalized spacial score (nSPS) is 11.2. The highest BCUT2D eigenvalue weighted by molar-refractivity contribution is 5.99. The number of fused-ring (bicyclic) bond motifs is 8. The van der Waals surface area contributed by atoms with E-state index in [4.69, 9.17) is 9.97 Å². The number of nitro groups is 1. The van der Waals surface area contributed by atoms with E-state index in [2.05, 4.69) is 70.7 Å². The quantitative estimate of drug-likeness (QED) is 0.101. The Bertz CT molecular complexity index is 2850. The molecule has 2 aliphatic heterocycles. The summed E-state index contributed by atoms with van der Waals surface area (Å²) in [5.74, 6) is 0. The monoisotopic (exact) mass is 1120 g/mol. The van der Waals surface area contributed by atoms with Gasteiger partial charge in [-0.15, -0.1) is 12.4 Å². The van der Waals surface area contributed by atoms with Crippen LogP contribution in [-0.4, -0.2) is 24.9 Å². The van der Waals surface area contributed by atoms with E-state index in [9.17, 15) is 10.1 Å². The van der Waals surface area contributed by atoms with Crippen molar-refractivity contribution in [2.24, 2.45) is 21.1 Å². The van der Waals surface area contributed by atoms with Crippen LogP contribution in [0.3, 0.4) is 0 Å². The fraction of sp³-hybridized carbons (Fsp3) is 0.0682. The van der Waals surface area contributed by atoms with Gasteiger partial charge in [-0.1, -0.05) is 12.1 Å². The summed E-state index contributed by atoms with van der Waals surface area (Å²) < 4.78 is 6.02. The average molecular weight is 1120 g/mol. The molecule has 8 bridgehead atoms. The van der Waals surface area contributed by atoms with E-state index in [0.29, 0.717) is 11.3 Å². The Morgan fingerprint density at radius 1 is 0.483 bits per heavy atom. The van der Waals surface area contributed by atoms with Gasteiger partial charge in [0.25, 0.3) is 5.69 Å². The molecule has 0 saturated heterocycles. The van der Waals surface area contributed by atoms with Crippen LogP contribution in [0.25, 0.3) is 90.9 Å². The molecule has 0 unspecified atom stereocenters. The molecule has 2 N–H and O–H groups in total. The molecule has 1 aromatic carbocycles. The summed E-state index contributed by atoms with van der Waals surface area (Å²) in [6.45, 7) is 0. The van der Waals surface area contributed by atoms with Crippen molar-refractivity contribution < 1.29 is 90.6 Å². The minimum absolute atomic E-state index is 0. The van der Waals surface area contributed by atoms with Gasteiger partial charge < -0.3 is 81.9 Å². The summed E-state index contributed by atoms with van der Waals surface area (Å²) >= 11 is 0. The van der Waals surface area contributed by atoms with Crippen molar-refractivity contribution in [1.82, 2.24) is 19.9 Å². The Morgan fingerprint density at radius 2 is 0.793 bits per heavy atom. The smallest absolute Gasteiger partial charge is 0.270 e. The van der Waals surface area contributed by atoms with Crippen molar-refractivity contribution in [2.75, 3.05) is 0 Å². The van der Waals surface area contributed by atoms with Crippen molar-refractivity contribution in [3.8, 4) is 44.5 Å². The third-order valence-electron chi connectivity index (χ3n) is 9.90. The predicted molar refractivity (Wildman–Crippen MR) is 218 cm³/mol. The highest BCUT2D eigenvalue weighted by Gasteiger charge is 2.20. The number of hydrogen-bond acceptors (Lipinski definition) is 4. The molecular formula is C44H36ClI3N8O2. The lowest BCUT2D eigenvalue weighted by atomic mass is 10.0. The van der Waals surface area contributed by atoms with E-state index in [-0.39, 0.29) is 94.9 Å².